The highest BCUT2D eigenvalue weighted by atomic mass is 16.3. The highest BCUT2D eigenvalue weighted by Gasteiger charge is 2.33. The van der Waals surface area contributed by atoms with E-state index in [2.05, 4.69) is 6.58 Å². The fourth-order valence-electron chi connectivity index (χ4n) is 1.70. The third kappa shape index (κ3) is 2.18. The van der Waals surface area contributed by atoms with Gasteiger partial charge in [-0.3, -0.25) is 4.79 Å². The minimum Gasteiger partial charge on any atom is -0.390 e. The monoisotopic (exact) mass is 168 g/mol. The molecule has 1 fully saturated rings. The lowest BCUT2D eigenvalue weighted by atomic mass is 9.78. The second-order valence-corrected chi connectivity index (χ2v) is 3.90. The average Bonchev–Trinajstić information content (AvgIpc) is 1.94. The first kappa shape index (κ1) is 9.46. The molecule has 0 aromatic carbocycles. The summed E-state index contributed by atoms with van der Waals surface area (Å²) in [5.41, 5.74) is -0.755. The van der Waals surface area contributed by atoms with Crippen molar-refractivity contribution in [2.24, 2.45) is 5.92 Å². The number of allylic oxidation sites excluding steroid dienone is 1. The molecular formula is C10H16O2. The van der Waals surface area contributed by atoms with E-state index in [9.17, 15) is 9.90 Å². The van der Waals surface area contributed by atoms with Gasteiger partial charge in [0.1, 0.15) is 5.78 Å². The lowest BCUT2D eigenvalue weighted by Crippen LogP contribution is -2.36. The Labute approximate surface area is 73.3 Å². The van der Waals surface area contributed by atoms with Crippen molar-refractivity contribution in [1.82, 2.24) is 0 Å². The fraction of sp³-hybridized carbons (Fsp3) is 0.700. The number of rotatable bonds is 2. The number of Topliss-reactive ketones (excluding diaryl/α,β-unsaturated/α-hetero) is 1. The van der Waals surface area contributed by atoms with E-state index < -0.39 is 5.60 Å². The number of ketones is 1. The molecule has 0 bridgehead atoms. The van der Waals surface area contributed by atoms with Crippen LogP contribution in [0.4, 0.5) is 0 Å². The van der Waals surface area contributed by atoms with Crippen LogP contribution in [0.1, 0.15) is 32.6 Å². The number of hydrogen-bond acceptors (Lipinski definition) is 2. The molecule has 0 radical (unpaired) electrons. The molecule has 0 saturated heterocycles. The van der Waals surface area contributed by atoms with Gasteiger partial charge in [-0.05, 0) is 26.2 Å². The van der Waals surface area contributed by atoms with Gasteiger partial charge in [0.15, 0.2) is 0 Å². The molecule has 0 aromatic rings. The van der Waals surface area contributed by atoms with Crippen molar-refractivity contribution < 1.29 is 9.90 Å². The van der Waals surface area contributed by atoms with Crippen LogP contribution in [-0.4, -0.2) is 16.5 Å². The maximum Gasteiger partial charge on any atom is 0.139 e. The van der Waals surface area contributed by atoms with Gasteiger partial charge >= 0.3 is 0 Å². The molecule has 1 aliphatic rings. The first-order chi connectivity index (χ1) is 5.55. The van der Waals surface area contributed by atoms with Crippen molar-refractivity contribution in [1.29, 1.82) is 0 Å². The van der Waals surface area contributed by atoms with Crippen LogP contribution in [0.3, 0.4) is 0 Å². The van der Waals surface area contributed by atoms with E-state index in [0.29, 0.717) is 6.42 Å². The van der Waals surface area contributed by atoms with Crippen molar-refractivity contribution in [3.63, 3.8) is 0 Å². The summed E-state index contributed by atoms with van der Waals surface area (Å²) in [5.74, 6) is 0.300. The predicted octanol–water partition coefficient (Wildman–Crippen LogP) is 1.68. The van der Waals surface area contributed by atoms with Crippen molar-refractivity contribution in [3.8, 4) is 0 Å². The van der Waals surface area contributed by atoms with Gasteiger partial charge in [0.25, 0.3) is 0 Å². The SMILES string of the molecule is C=CC[C@@H]1CC[C@@](C)(O)CC1=O. The van der Waals surface area contributed by atoms with E-state index in [1.165, 1.54) is 0 Å². The molecule has 1 saturated carbocycles. The Morgan fingerprint density at radius 2 is 2.50 bits per heavy atom. The summed E-state index contributed by atoms with van der Waals surface area (Å²) in [5, 5.41) is 9.58. The zero-order valence-electron chi connectivity index (χ0n) is 7.55. The molecule has 0 aromatic heterocycles. The Balaban J connectivity index is 2.53. The summed E-state index contributed by atoms with van der Waals surface area (Å²) in [6.07, 6.45) is 4.39. The molecule has 2 atom stereocenters. The van der Waals surface area contributed by atoms with Gasteiger partial charge in [0, 0.05) is 12.3 Å². The van der Waals surface area contributed by atoms with Crippen molar-refractivity contribution in [2.75, 3.05) is 0 Å². The van der Waals surface area contributed by atoms with Gasteiger partial charge in [-0.15, -0.1) is 6.58 Å². The molecule has 1 aliphatic carbocycles. The van der Waals surface area contributed by atoms with E-state index in [1.54, 1.807) is 13.0 Å². The van der Waals surface area contributed by atoms with Crippen LogP contribution in [0.15, 0.2) is 12.7 Å². The van der Waals surface area contributed by atoms with Gasteiger partial charge in [0.05, 0.1) is 5.60 Å². The van der Waals surface area contributed by atoms with E-state index in [1.807, 2.05) is 0 Å². The molecule has 2 nitrogen and oxygen atoms in total. The number of hydrogen-bond donors (Lipinski definition) is 1. The molecule has 0 unspecified atom stereocenters. The molecule has 0 aliphatic heterocycles. The van der Waals surface area contributed by atoms with Crippen LogP contribution in [0, 0.1) is 5.92 Å². The van der Waals surface area contributed by atoms with Gasteiger partial charge in [0.2, 0.25) is 0 Å². The zero-order valence-corrected chi connectivity index (χ0v) is 7.55. The molecule has 12 heavy (non-hydrogen) atoms. The Morgan fingerprint density at radius 3 is 3.00 bits per heavy atom. The second kappa shape index (κ2) is 3.40. The maximum atomic E-state index is 11.4. The number of carbonyl (C=O) groups excluding carboxylic acids is 1. The number of carbonyl (C=O) groups is 1. The quantitative estimate of drug-likeness (QED) is 0.637. The molecule has 0 heterocycles. The molecule has 0 amide bonds. The van der Waals surface area contributed by atoms with Crippen LogP contribution in [0.25, 0.3) is 0 Å². The molecule has 2 heteroatoms. The van der Waals surface area contributed by atoms with E-state index in [-0.39, 0.29) is 11.7 Å². The first-order valence-electron chi connectivity index (χ1n) is 4.41. The smallest absolute Gasteiger partial charge is 0.139 e. The lowest BCUT2D eigenvalue weighted by Gasteiger charge is -2.31. The zero-order chi connectivity index (χ0) is 9.19. The topological polar surface area (TPSA) is 37.3 Å². The van der Waals surface area contributed by atoms with Crippen LogP contribution < -0.4 is 0 Å². The normalized spacial score (nSPS) is 36.5. The lowest BCUT2D eigenvalue weighted by molar-refractivity contribution is -0.131. The minimum absolute atomic E-state index is 0.114. The predicted molar refractivity (Wildman–Crippen MR) is 47.8 cm³/mol. The maximum absolute atomic E-state index is 11.4. The van der Waals surface area contributed by atoms with Crippen LogP contribution >= 0.6 is 0 Å². The van der Waals surface area contributed by atoms with Gasteiger partial charge in [-0.1, -0.05) is 6.08 Å². The van der Waals surface area contributed by atoms with Crippen LogP contribution in [0.2, 0.25) is 0 Å². The Hall–Kier alpha value is -0.630. The summed E-state index contributed by atoms with van der Waals surface area (Å²) in [7, 11) is 0. The average molecular weight is 168 g/mol. The first-order valence-corrected chi connectivity index (χ1v) is 4.41. The highest BCUT2D eigenvalue weighted by Crippen LogP contribution is 2.30. The van der Waals surface area contributed by atoms with Crippen molar-refractivity contribution >= 4 is 5.78 Å². The largest absolute Gasteiger partial charge is 0.390 e. The molecular weight excluding hydrogens is 152 g/mol. The summed E-state index contributed by atoms with van der Waals surface area (Å²) >= 11 is 0. The Bertz CT molecular complexity index is 194. The van der Waals surface area contributed by atoms with Gasteiger partial charge in [-0.2, -0.15) is 0 Å². The van der Waals surface area contributed by atoms with Gasteiger partial charge < -0.3 is 5.11 Å². The Morgan fingerprint density at radius 1 is 1.83 bits per heavy atom. The van der Waals surface area contributed by atoms with Gasteiger partial charge in [-0.25, -0.2) is 0 Å². The van der Waals surface area contributed by atoms with E-state index >= 15 is 0 Å². The third-order valence-electron chi connectivity index (χ3n) is 2.49. The standard InChI is InChI=1S/C10H16O2/c1-3-4-8-5-6-10(2,12)7-9(8)11/h3,8,12H,1,4-7H2,2H3/t8-,10-/m1/s1. The molecule has 68 valence electrons. The highest BCUT2D eigenvalue weighted by molar-refractivity contribution is 5.82. The van der Waals surface area contributed by atoms with E-state index in [0.717, 1.165) is 19.3 Å². The fourth-order valence-corrected chi connectivity index (χ4v) is 1.70. The summed E-state index contributed by atoms with van der Waals surface area (Å²) in [4.78, 5) is 11.4. The Kier molecular flexibility index (Phi) is 2.68. The minimum atomic E-state index is -0.755. The molecule has 1 N–H and O–H groups in total. The summed E-state index contributed by atoms with van der Waals surface area (Å²) in [6.45, 7) is 5.34. The van der Waals surface area contributed by atoms with Crippen molar-refractivity contribution in [3.05, 3.63) is 12.7 Å². The molecule has 0 spiro atoms. The summed E-state index contributed by atoms with van der Waals surface area (Å²) < 4.78 is 0. The van der Waals surface area contributed by atoms with Crippen LogP contribution in [0.5, 0.6) is 0 Å². The third-order valence-corrected chi connectivity index (χ3v) is 2.49. The van der Waals surface area contributed by atoms with E-state index in [4.69, 9.17) is 0 Å². The molecule has 1 rings (SSSR count). The van der Waals surface area contributed by atoms with Crippen LogP contribution in [-0.2, 0) is 4.79 Å². The summed E-state index contributed by atoms with van der Waals surface area (Å²) in [6, 6.07) is 0. The van der Waals surface area contributed by atoms with Crippen molar-refractivity contribution in [2.45, 2.75) is 38.2 Å². The second-order valence-electron chi connectivity index (χ2n) is 3.90. The number of aliphatic hydroxyl groups is 1.